The Morgan fingerprint density at radius 1 is 1.32 bits per heavy atom. The van der Waals surface area contributed by atoms with E-state index in [-0.39, 0.29) is 18.6 Å². The number of hydrogen-bond acceptors (Lipinski definition) is 4. The number of sulfonamides is 1. The number of benzene rings is 1. The molecule has 0 saturated carbocycles. The van der Waals surface area contributed by atoms with E-state index in [1.165, 1.54) is 7.11 Å². The van der Waals surface area contributed by atoms with Crippen LogP contribution in [0.3, 0.4) is 0 Å². The summed E-state index contributed by atoms with van der Waals surface area (Å²) in [6, 6.07) is 5.44. The van der Waals surface area contributed by atoms with Gasteiger partial charge in [-0.1, -0.05) is 12.1 Å². The molecule has 0 aliphatic carbocycles. The second-order valence-corrected chi connectivity index (χ2v) is 6.19. The Hall–Kier alpha value is -1.56. The highest BCUT2D eigenvalue weighted by Gasteiger charge is 2.13. The highest BCUT2D eigenvalue weighted by Crippen LogP contribution is 2.19. The number of anilines is 1. The average molecular weight is 285 g/mol. The van der Waals surface area contributed by atoms with Crippen LogP contribution >= 0.6 is 0 Å². The SMILES string of the molecule is COC(=O)CCCS(=O)(=O)Nc1cccc(C)c1C. The van der Waals surface area contributed by atoms with Gasteiger partial charge in [0.25, 0.3) is 0 Å². The number of esters is 1. The third kappa shape index (κ3) is 4.90. The van der Waals surface area contributed by atoms with Gasteiger partial charge in [-0.05, 0) is 37.5 Å². The minimum absolute atomic E-state index is 0.101. The van der Waals surface area contributed by atoms with Crippen molar-refractivity contribution in [1.29, 1.82) is 0 Å². The van der Waals surface area contributed by atoms with Crippen LogP contribution in [0.5, 0.6) is 0 Å². The van der Waals surface area contributed by atoms with Gasteiger partial charge in [-0.3, -0.25) is 9.52 Å². The highest BCUT2D eigenvalue weighted by molar-refractivity contribution is 7.92. The summed E-state index contributed by atoms with van der Waals surface area (Å²) in [5.41, 5.74) is 2.51. The van der Waals surface area contributed by atoms with Crippen molar-refractivity contribution in [2.24, 2.45) is 0 Å². The van der Waals surface area contributed by atoms with E-state index in [4.69, 9.17) is 0 Å². The number of carbonyl (C=O) groups is 1. The van der Waals surface area contributed by atoms with Gasteiger partial charge in [0, 0.05) is 6.42 Å². The van der Waals surface area contributed by atoms with Crippen molar-refractivity contribution in [3.05, 3.63) is 29.3 Å². The third-order valence-corrected chi connectivity index (χ3v) is 4.25. The Morgan fingerprint density at radius 3 is 2.63 bits per heavy atom. The van der Waals surface area contributed by atoms with Crippen LogP contribution < -0.4 is 4.72 Å². The van der Waals surface area contributed by atoms with E-state index >= 15 is 0 Å². The van der Waals surface area contributed by atoms with E-state index in [0.29, 0.717) is 5.69 Å². The van der Waals surface area contributed by atoms with E-state index in [9.17, 15) is 13.2 Å². The summed E-state index contributed by atoms with van der Waals surface area (Å²) in [5, 5.41) is 0. The number of methoxy groups -OCH3 is 1. The summed E-state index contributed by atoms with van der Waals surface area (Å²) in [7, 11) is -2.15. The lowest BCUT2D eigenvalue weighted by Crippen LogP contribution is -2.18. The number of nitrogens with one attached hydrogen (secondary N) is 1. The first-order valence-corrected chi connectivity index (χ1v) is 7.64. The van der Waals surface area contributed by atoms with Crippen LogP contribution in [0.1, 0.15) is 24.0 Å². The van der Waals surface area contributed by atoms with Crippen molar-refractivity contribution in [1.82, 2.24) is 0 Å². The lowest BCUT2D eigenvalue weighted by molar-refractivity contribution is -0.140. The number of ether oxygens (including phenoxy) is 1. The molecule has 0 fully saturated rings. The minimum atomic E-state index is -3.44. The Kier molecular flexibility index (Phi) is 5.35. The molecule has 0 aromatic heterocycles. The van der Waals surface area contributed by atoms with Crippen molar-refractivity contribution in [2.45, 2.75) is 26.7 Å². The highest BCUT2D eigenvalue weighted by atomic mass is 32.2. The molecule has 0 amide bonds. The van der Waals surface area contributed by atoms with Crippen molar-refractivity contribution in [3.8, 4) is 0 Å². The molecule has 1 rings (SSSR count). The normalized spacial score (nSPS) is 11.1. The van der Waals surface area contributed by atoms with Gasteiger partial charge in [-0.2, -0.15) is 0 Å². The molecule has 0 heterocycles. The Labute approximate surface area is 114 Å². The topological polar surface area (TPSA) is 72.5 Å². The molecule has 0 saturated heterocycles. The quantitative estimate of drug-likeness (QED) is 0.811. The minimum Gasteiger partial charge on any atom is -0.469 e. The smallest absolute Gasteiger partial charge is 0.305 e. The Balaban J connectivity index is 2.64. The summed E-state index contributed by atoms with van der Waals surface area (Å²) >= 11 is 0. The summed E-state index contributed by atoms with van der Waals surface area (Å²) in [4.78, 5) is 10.9. The fraction of sp³-hybridized carbons (Fsp3) is 0.462. The van der Waals surface area contributed by atoms with Crippen LogP contribution in [0.15, 0.2) is 18.2 Å². The standard InChI is InChI=1S/C13H19NO4S/c1-10-6-4-7-12(11(10)2)14-19(16,17)9-5-8-13(15)18-3/h4,6-7,14H,5,8-9H2,1-3H3. The second-order valence-electron chi connectivity index (χ2n) is 4.35. The Bertz CT molecular complexity index is 552. The van der Waals surface area contributed by atoms with Crippen LogP contribution in [-0.2, 0) is 19.6 Å². The molecule has 0 aliphatic heterocycles. The van der Waals surface area contributed by atoms with Crippen molar-refractivity contribution in [2.75, 3.05) is 17.6 Å². The molecule has 1 aromatic carbocycles. The molecule has 19 heavy (non-hydrogen) atoms. The fourth-order valence-electron chi connectivity index (χ4n) is 1.59. The molecular weight excluding hydrogens is 266 g/mol. The van der Waals surface area contributed by atoms with Crippen molar-refractivity contribution < 1.29 is 17.9 Å². The number of rotatable bonds is 6. The van der Waals surface area contributed by atoms with E-state index < -0.39 is 16.0 Å². The molecule has 0 radical (unpaired) electrons. The number of aryl methyl sites for hydroxylation is 1. The molecular formula is C13H19NO4S. The third-order valence-electron chi connectivity index (χ3n) is 2.89. The van der Waals surface area contributed by atoms with Gasteiger partial charge in [-0.25, -0.2) is 8.42 Å². The number of hydrogen-bond donors (Lipinski definition) is 1. The first-order valence-electron chi connectivity index (χ1n) is 5.99. The van der Waals surface area contributed by atoms with Gasteiger partial charge in [-0.15, -0.1) is 0 Å². The first kappa shape index (κ1) is 15.5. The zero-order valence-corrected chi connectivity index (χ0v) is 12.2. The first-order chi connectivity index (χ1) is 8.85. The lowest BCUT2D eigenvalue weighted by Gasteiger charge is -2.11. The summed E-state index contributed by atoms with van der Waals surface area (Å²) in [6.07, 6.45) is 0.344. The van der Waals surface area contributed by atoms with Gasteiger partial charge < -0.3 is 4.74 Å². The predicted molar refractivity (Wildman–Crippen MR) is 74.6 cm³/mol. The van der Waals surface area contributed by atoms with Crippen LogP contribution in [0.4, 0.5) is 5.69 Å². The average Bonchev–Trinajstić information content (AvgIpc) is 2.34. The maximum Gasteiger partial charge on any atom is 0.305 e. The van der Waals surface area contributed by atoms with Gasteiger partial charge in [0.2, 0.25) is 10.0 Å². The maximum absolute atomic E-state index is 11.9. The van der Waals surface area contributed by atoms with Crippen LogP contribution in [0.25, 0.3) is 0 Å². The zero-order chi connectivity index (χ0) is 14.5. The van der Waals surface area contributed by atoms with E-state index in [2.05, 4.69) is 9.46 Å². The van der Waals surface area contributed by atoms with Gasteiger partial charge >= 0.3 is 5.97 Å². The summed E-state index contributed by atoms with van der Waals surface area (Å²) < 4.78 is 30.7. The molecule has 5 nitrogen and oxygen atoms in total. The van der Waals surface area contributed by atoms with Crippen LogP contribution in [-0.4, -0.2) is 27.2 Å². The Morgan fingerprint density at radius 2 is 2.00 bits per heavy atom. The molecule has 0 spiro atoms. The zero-order valence-electron chi connectivity index (χ0n) is 11.4. The van der Waals surface area contributed by atoms with Crippen molar-refractivity contribution >= 4 is 21.7 Å². The van der Waals surface area contributed by atoms with Gasteiger partial charge in [0.15, 0.2) is 0 Å². The van der Waals surface area contributed by atoms with Crippen LogP contribution in [0, 0.1) is 13.8 Å². The molecule has 0 atom stereocenters. The molecule has 106 valence electrons. The number of carbonyl (C=O) groups excluding carboxylic acids is 1. The van der Waals surface area contributed by atoms with E-state index in [1.807, 2.05) is 19.9 Å². The van der Waals surface area contributed by atoms with Gasteiger partial charge in [0.05, 0.1) is 18.6 Å². The van der Waals surface area contributed by atoms with Crippen molar-refractivity contribution in [3.63, 3.8) is 0 Å². The molecule has 1 N–H and O–H groups in total. The van der Waals surface area contributed by atoms with E-state index in [1.54, 1.807) is 12.1 Å². The molecule has 0 unspecified atom stereocenters. The van der Waals surface area contributed by atoms with Gasteiger partial charge in [0.1, 0.15) is 0 Å². The summed E-state index contributed by atoms with van der Waals surface area (Å²) in [5.74, 6) is -0.503. The predicted octanol–water partition coefficient (Wildman–Crippen LogP) is 2.00. The molecule has 1 aromatic rings. The monoisotopic (exact) mass is 285 g/mol. The lowest BCUT2D eigenvalue weighted by atomic mass is 10.1. The molecule has 6 heteroatoms. The molecule has 0 aliphatic rings. The fourth-order valence-corrected chi connectivity index (χ4v) is 2.77. The maximum atomic E-state index is 11.9. The van der Waals surface area contributed by atoms with E-state index in [0.717, 1.165) is 11.1 Å². The molecule has 0 bridgehead atoms. The largest absolute Gasteiger partial charge is 0.469 e. The van der Waals surface area contributed by atoms with Crippen LogP contribution in [0.2, 0.25) is 0 Å². The second kappa shape index (κ2) is 6.56. The summed E-state index contributed by atoms with van der Waals surface area (Å²) in [6.45, 7) is 3.78.